The van der Waals surface area contributed by atoms with Gasteiger partial charge in [0.15, 0.2) is 0 Å². The first-order valence-electron chi connectivity index (χ1n) is 8.18. The summed E-state index contributed by atoms with van der Waals surface area (Å²) in [4.78, 5) is 12.1. The lowest BCUT2D eigenvalue weighted by molar-refractivity contribution is -0.143. The van der Waals surface area contributed by atoms with Gasteiger partial charge in [-0.1, -0.05) is 0 Å². The second kappa shape index (κ2) is 7.90. The quantitative estimate of drug-likeness (QED) is 0.571. The van der Waals surface area contributed by atoms with Crippen molar-refractivity contribution in [3.05, 3.63) is 64.0 Å². The van der Waals surface area contributed by atoms with Crippen molar-refractivity contribution in [3.63, 3.8) is 0 Å². The molecule has 0 radical (unpaired) electrons. The van der Waals surface area contributed by atoms with Crippen LogP contribution in [-0.2, 0) is 18.9 Å². The summed E-state index contributed by atoms with van der Waals surface area (Å²) in [7, 11) is 0. The van der Waals surface area contributed by atoms with Crippen LogP contribution >= 0.6 is 11.3 Å². The number of alkyl halides is 6. The Morgan fingerprint density at radius 3 is 2.24 bits per heavy atom. The lowest BCUT2D eigenvalue weighted by Gasteiger charge is -2.14. The molecule has 2 heterocycles. The molecule has 3 rings (SSSR count). The van der Waals surface area contributed by atoms with Gasteiger partial charge in [0.2, 0.25) is 0 Å². The maximum atomic E-state index is 12.9. The fourth-order valence-electron chi connectivity index (χ4n) is 2.52. The summed E-state index contributed by atoms with van der Waals surface area (Å²) in [6.45, 7) is 0.169. The van der Waals surface area contributed by atoms with Gasteiger partial charge in [0.1, 0.15) is 0 Å². The van der Waals surface area contributed by atoms with E-state index in [1.807, 2.05) is 16.8 Å². The molecule has 0 saturated carbocycles. The Kier molecular flexibility index (Phi) is 5.69. The fourth-order valence-corrected chi connectivity index (χ4v) is 3.17. The maximum Gasteiger partial charge on any atom is 0.416 e. The molecule has 0 unspecified atom stereocenters. The molecule has 1 amide bonds. The predicted octanol–water partition coefficient (Wildman–Crippen LogP) is 5.08. The van der Waals surface area contributed by atoms with Crippen LogP contribution in [0.2, 0.25) is 0 Å². The van der Waals surface area contributed by atoms with Crippen molar-refractivity contribution in [2.45, 2.75) is 18.9 Å². The van der Waals surface area contributed by atoms with Crippen LogP contribution in [0.25, 0.3) is 11.3 Å². The Morgan fingerprint density at radius 2 is 1.69 bits per heavy atom. The van der Waals surface area contributed by atoms with E-state index in [0.717, 1.165) is 5.56 Å². The van der Waals surface area contributed by atoms with E-state index in [-0.39, 0.29) is 19.2 Å². The van der Waals surface area contributed by atoms with Crippen LogP contribution in [0.5, 0.6) is 0 Å². The van der Waals surface area contributed by atoms with Crippen molar-refractivity contribution in [3.8, 4) is 11.3 Å². The Hall–Kier alpha value is -2.82. The van der Waals surface area contributed by atoms with Gasteiger partial charge < -0.3 is 5.32 Å². The number of benzene rings is 1. The molecule has 1 N–H and O–H groups in total. The second-order valence-corrected chi connectivity index (χ2v) is 6.81. The molecule has 0 spiro atoms. The zero-order valence-electron chi connectivity index (χ0n) is 14.5. The minimum absolute atomic E-state index is 0.0213. The van der Waals surface area contributed by atoms with Crippen molar-refractivity contribution in [1.29, 1.82) is 0 Å². The molecule has 154 valence electrons. The van der Waals surface area contributed by atoms with E-state index >= 15 is 0 Å². The molecular weight excluding hydrogens is 420 g/mol. The summed E-state index contributed by atoms with van der Waals surface area (Å²) in [5.41, 5.74) is -2.16. The first kappa shape index (κ1) is 20.9. The highest BCUT2D eigenvalue weighted by atomic mass is 32.1. The third kappa shape index (κ3) is 5.17. The molecule has 0 fully saturated rings. The SMILES string of the molecule is O=C(NCCn1ccc(-c2ccsc2)n1)c1cc(C(F)(F)F)cc(C(F)(F)F)c1. The number of thiophene rings is 1. The van der Waals surface area contributed by atoms with Crippen molar-refractivity contribution < 1.29 is 31.1 Å². The fraction of sp³-hybridized carbons (Fsp3) is 0.222. The van der Waals surface area contributed by atoms with Crippen LogP contribution in [-0.4, -0.2) is 22.2 Å². The van der Waals surface area contributed by atoms with E-state index in [0.29, 0.717) is 17.8 Å². The normalized spacial score (nSPS) is 12.2. The van der Waals surface area contributed by atoms with Crippen molar-refractivity contribution in [1.82, 2.24) is 15.1 Å². The van der Waals surface area contributed by atoms with Gasteiger partial charge in [-0.15, -0.1) is 0 Å². The molecule has 29 heavy (non-hydrogen) atoms. The number of halogens is 6. The maximum absolute atomic E-state index is 12.9. The van der Waals surface area contributed by atoms with Gasteiger partial charge in [-0.05, 0) is 35.7 Å². The van der Waals surface area contributed by atoms with Gasteiger partial charge in [-0.25, -0.2) is 0 Å². The van der Waals surface area contributed by atoms with Crippen LogP contribution in [0.1, 0.15) is 21.5 Å². The minimum Gasteiger partial charge on any atom is -0.350 e. The number of nitrogens with one attached hydrogen (secondary N) is 1. The van der Waals surface area contributed by atoms with Crippen LogP contribution in [0.4, 0.5) is 26.3 Å². The van der Waals surface area contributed by atoms with Gasteiger partial charge in [0.05, 0.1) is 23.4 Å². The smallest absolute Gasteiger partial charge is 0.350 e. The Balaban J connectivity index is 1.69. The molecule has 0 bridgehead atoms. The lowest BCUT2D eigenvalue weighted by atomic mass is 10.0. The summed E-state index contributed by atoms with van der Waals surface area (Å²) in [5, 5.41) is 10.4. The monoisotopic (exact) mass is 433 g/mol. The van der Waals surface area contributed by atoms with Crippen LogP contribution < -0.4 is 5.32 Å². The van der Waals surface area contributed by atoms with E-state index in [9.17, 15) is 31.1 Å². The Bertz CT molecular complexity index is 960. The highest BCUT2D eigenvalue weighted by molar-refractivity contribution is 7.08. The van der Waals surface area contributed by atoms with Gasteiger partial charge in [0.25, 0.3) is 5.91 Å². The molecule has 1 aromatic carbocycles. The summed E-state index contributed by atoms with van der Waals surface area (Å²) >= 11 is 1.50. The van der Waals surface area contributed by atoms with Gasteiger partial charge in [0, 0.05) is 29.2 Å². The average molecular weight is 433 g/mol. The van der Waals surface area contributed by atoms with Gasteiger partial charge in [-0.2, -0.15) is 42.8 Å². The molecule has 0 atom stereocenters. The second-order valence-electron chi connectivity index (χ2n) is 6.03. The predicted molar refractivity (Wildman–Crippen MR) is 94.3 cm³/mol. The van der Waals surface area contributed by atoms with Crippen LogP contribution in [0.3, 0.4) is 0 Å². The standard InChI is InChI=1S/C18H13F6N3OS/c19-17(20,21)13-7-12(8-14(9-13)18(22,23)24)16(28)25-3-5-27-4-1-15(26-27)11-2-6-29-10-11/h1-2,4,6-10H,3,5H2,(H,25,28). The van der Waals surface area contributed by atoms with E-state index in [2.05, 4.69) is 10.4 Å². The summed E-state index contributed by atoms with van der Waals surface area (Å²) in [5.74, 6) is -1.04. The highest BCUT2D eigenvalue weighted by Gasteiger charge is 2.37. The molecule has 0 aliphatic carbocycles. The van der Waals surface area contributed by atoms with Crippen molar-refractivity contribution >= 4 is 17.2 Å². The first-order chi connectivity index (χ1) is 13.5. The van der Waals surface area contributed by atoms with Crippen molar-refractivity contribution in [2.75, 3.05) is 6.54 Å². The number of aromatic nitrogens is 2. The number of carbonyl (C=O) groups excluding carboxylic acids is 1. The first-order valence-corrected chi connectivity index (χ1v) is 9.12. The number of carbonyl (C=O) groups is 1. The lowest BCUT2D eigenvalue weighted by Crippen LogP contribution is -2.28. The molecule has 11 heteroatoms. The number of amides is 1. The Labute approximate surface area is 164 Å². The summed E-state index contributed by atoms with van der Waals surface area (Å²) in [6, 6.07) is 4.41. The van der Waals surface area contributed by atoms with E-state index in [4.69, 9.17) is 0 Å². The topological polar surface area (TPSA) is 46.9 Å². The molecule has 3 aromatic rings. The number of hydrogen-bond acceptors (Lipinski definition) is 3. The third-order valence-electron chi connectivity index (χ3n) is 3.93. The van der Waals surface area contributed by atoms with Gasteiger partial charge in [-0.3, -0.25) is 9.48 Å². The number of hydrogen-bond donors (Lipinski definition) is 1. The van der Waals surface area contributed by atoms with Gasteiger partial charge >= 0.3 is 12.4 Å². The summed E-state index contributed by atoms with van der Waals surface area (Å²) < 4.78 is 78.8. The zero-order chi connectivity index (χ0) is 21.2. The molecule has 2 aromatic heterocycles. The largest absolute Gasteiger partial charge is 0.416 e. The molecule has 0 aliphatic rings. The van der Waals surface area contributed by atoms with Crippen molar-refractivity contribution in [2.24, 2.45) is 0 Å². The number of rotatable bonds is 5. The molecule has 4 nitrogen and oxygen atoms in total. The van der Waals surface area contributed by atoms with E-state index in [1.165, 1.54) is 16.0 Å². The summed E-state index contributed by atoms with van der Waals surface area (Å²) in [6.07, 6.45) is -8.36. The van der Waals surface area contributed by atoms with E-state index in [1.54, 1.807) is 12.3 Å². The number of nitrogens with zero attached hydrogens (tertiary/aromatic N) is 2. The molecule has 0 aliphatic heterocycles. The molecular formula is C18H13F6N3OS. The van der Waals surface area contributed by atoms with E-state index < -0.39 is 35.0 Å². The minimum atomic E-state index is -5.01. The zero-order valence-corrected chi connectivity index (χ0v) is 15.3. The van der Waals surface area contributed by atoms with Crippen LogP contribution in [0.15, 0.2) is 47.3 Å². The Morgan fingerprint density at radius 1 is 1.03 bits per heavy atom. The van der Waals surface area contributed by atoms with Crippen LogP contribution in [0, 0.1) is 0 Å². The highest BCUT2D eigenvalue weighted by Crippen LogP contribution is 2.36. The third-order valence-corrected chi connectivity index (χ3v) is 4.62. The molecule has 0 saturated heterocycles. The average Bonchev–Trinajstić information content (AvgIpc) is 3.31.